The Morgan fingerprint density at radius 2 is 1.38 bits per heavy atom. The van der Waals surface area contributed by atoms with Gasteiger partial charge >= 0.3 is 0 Å². The third-order valence-corrected chi connectivity index (χ3v) is 8.64. The van der Waals surface area contributed by atoms with Crippen LogP contribution < -0.4 is 0 Å². The van der Waals surface area contributed by atoms with Crippen LogP contribution in [0.25, 0.3) is 22.2 Å². The van der Waals surface area contributed by atoms with E-state index in [0.29, 0.717) is 18.3 Å². The van der Waals surface area contributed by atoms with Gasteiger partial charge in [0.25, 0.3) is 0 Å². The SMILES string of the molecule is CCC(CC)C(O)CC(O)C(CC)CC.Cc1[c-]c(-c2ccc3ccc(C4CCCC4)cc3n2)cc(C)c1.[Ir]. The topological polar surface area (TPSA) is 53.4 Å². The Kier molecular flexibility index (Phi) is 14.3. The average molecular weight is 709 g/mol. The number of hydrogen-bond donors (Lipinski definition) is 2. The molecule has 0 bridgehead atoms. The van der Waals surface area contributed by atoms with Gasteiger partial charge in [-0.15, -0.1) is 34.9 Å². The first kappa shape index (κ1) is 33.6. The first-order valence-corrected chi connectivity index (χ1v) is 15.1. The van der Waals surface area contributed by atoms with Gasteiger partial charge in [-0.3, -0.25) is 4.98 Å². The normalized spacial score (nSPS) is 15.2. The smallest absolute Gasteiger partial charge is 0.0598 e. The monoisotopic (exact) mass is 709 g/mol. The zero-order valence-corrected chi connectivity index (χ0v) is 27.4. The molecule has 4 heteroatoms. The number of rotatable bonds is 10. The van der Waals surface area contributed by atoms with Crippen molar-refractivity contribution in [3.05, 3.63) is 65.2 Å². The van der Waals surface area contributed by atoms with Crippen LogP contribution in [0, 0.1) is 31.7 Å². The van der Waals surface area contributed by atoms with Gasteiger partial charge in [-0.25, -0.2) is 0 Å². The summed E-state index contributed by atoms with van der Waals surface area (Å²) in [6, 6.07) is 18.9. The first-order chi connectivity index (χ1) is 18.3. The molecule has 2 atom stereocenters. The van der Waals surface area contributed by atoms with Gasteiger partial charge in [0.05, 0.1) is 17.7 Å². The molecule has 0 aliphatic heterocycles. The van der Waals surface area contributed by atoms with Crippen molar-refractivity contribution in [2.45, 2.75) is 117 Å². The summed E-state index contributed by atoms with van der Waals surface area (Å²) in [6.07, 6.45) is 9.24. The Bertz CT molecular complexity index is 1100. The van der Waals surface area contributed by atoms with Gasteiger partial charge in [-0.05, 0) is 59.7 Å². The molecule has 1 radical (unpaired) electrons. The standard InChI is InChI=1S/C22H22N.C13H28O2.Ir/c1-15-11-16(2)13-20(12-15)21-10-9-18-7-8-19(14-22(18)23-21)17-5-3-4-6-17;1-5-10(6-2)12(14)9-13(15)11(7-3)8-4;/h7-12,14,17H,3-6H2,1-2H3;10-15H,5-9H2,1-4H3;/q-1;;. The van der Waals surface area contributed by atoms with E-state index in [9.17, 15) is 10.2 Å². The van der Waals surface area contributed by atoms with Crippen LogP contribution in [-0.4, -0.2) is 27.4 Å². The molecule has 0 amide bonds. The van der Waals surface area contributed by atoms with Crippen LogP contribution in [0.1, 0.15) is 108 Å². The third-order valence-electron chi connectivity index (χ3n) is 8.64. The molecule has 3 nitrogen and oxygen atoms in total. The Morgan fingerprint density at radius 1 is 0.821 bits per heavy atom. The molecule has 1 aromatic heterocycles. The first-order valence-electron chi connectivity index (χ1n) is 15.1. The molecular formula is C35H50IrNO2-. The van der Waals surface area contributed by atoms with Crippen molar-refractivity contribution < 1.29 is 30.3 Å². The van der Waals surface area contributed by atoms with E-state index in [4.69, 9.17) is 4.98 Å². The van der Waals surface area contributed by atoms with E-state index in [1.807, 2.05) is 0 Å². The van der Waals surface area contributed by atoms with Gasteiger partial charge in [0.15, 0.2) is 0 Å². The minimum absolute atomic E-state index is 0. The van der Waals surface area contributed by atoms with Crippen LogP contribution in [0.4, 0.5) is 0 Å². The maximum Gasteiger partial charge on any atom is 0.0598 e. The number of nitrogens with zero attached hydrogens (tertiary/aromatic N) is 1. The van der Waals surface area contributed by atoms with Crippen molar-refractivity contribution in [2.75, 3.05) is 0 Å². The molecule has 217 valence electrons. The Balaban J connectivity index is 0.000000294. The molecule has 1 fully saturated rings. The molecule has 2 N–H and O–H groups in total. The molecule has 0 spiro atoms. The maximum absolute atomic E-state index is 9.96. The summed E-state index contributed by atoms with van der Waals surface area (Å²) >= 11 is 0. The van der Waals surface area contributed by atoms with Crippen LogP contribution in [-0.2, 0) is 20.1 Å². The summed E-state index contributed by atoms with van der Waals surface area (Å²) in [5.41, 5.74) is 7.12. The van der Waals surface area contributed by atoms with E-state index in [2.05, 4.69) is 90.1 Å². The van der Waals surface area contributed by atoms with Gasteiger partial charge in [-0.1, -0.05) is 104 Å². The van der Waals surface area contributed by atoms with Crippen LogP contribution in [0.5, 0.6) is 0 Å². The van der Waals surface area contributed by atoms with Crippen molar-refractivity contribution >= 4 is 10.9 Å². The Labute approximate surface area is 251 Å². The number of aromatic nitrogens is 1. The maximum atomic E-state index is 9.96. The summed E-state index contributed by atoms with van der Waals surface area (Å²) < 4.78 is 0. The fraction of sp³-hybridized carbons (Fsp3) is 0.571. The molecular weight excluding hydrogens is 659 g/mol. The fourth-order valence-electron chi connectivity index (χ4n) is 6.13. The second-order valence-corrected chi connectivity index (χ2v) is 11.4. The van der Waals surface area contributed by atoms with E-state index in [-0.39, 0.29) is 32.3 Å². The summed E-state index contributed by atoms with van der Waals surface area (Å²) in [5.74, 6) is 1.42. The van der Waals surface area contributed by atoms with Gasteiger partial charge in [0.1, 0.15) is 0 Å². The van der Waals surface area contributed by atoms with Crippen molar-refractivity contribution in [3.8, 4) is 11.3 Å². The van der Waals surface area contributed by atoms with Crippen molar-refractivity contribution in [1.82, 2.24) is 4.98 Å². The largest absolute Gasteiger partial charge is 0.393 e. The molecule has 2 aromatic carbocycles. The number of aliphatic hydroxyl groups is 2. The van der Waals surface area contributed by atoms with Gasteiger partial charge in [0.2, 0.25) is 0 Å². The minimum atomic E-state index is -0.337. The van der Waals surface area contributed by atoms with E-state index in [1.54, 1.807) is 0 Å². The number of benzene rings is 2. The van der Waals surface area contributed by atoms with E-state index in [1.165, 1.54) is 47.8 Å². The molecule has 1 heterocycles. The van der Waals surface area contributed by atoms with E-state index in [0.717, 1.165) is 48.4 Å². The second kappa shape index (κ2) is 16.6. The zero-order valence-electron chi connectivity index (χ0n) is 25.0. The number of pyridine rings is 1. The molecule has 4 rings (SSSR count). The average Bonchev–Trinajstić information content (AvgIpc) is 3.44. The van der Waals surface area contributed by atoms with Crippen LogP contribution in [0.15, 0.2) is 42.5 Å². The summed E-state index contributed by atoms with van der Waals surface area (Å²) in [6.45, 7) is 12.6. The van der Waals surface area contributed by atoms with E-state index >= 15 is 0 Å². The van der Waals surface area contributed by atoms with Crippen LogP contribution in [0.2, 0.25) is 0 Å². The number of fused-ring (bicyclic) bond motifs is 1. The molecule has 3 aromatic rings. The predicted octanol–water partition coefficient (Wildman–Crippen LogP) is 8.94. The van der Waals surface area contributed by atoms with Crippen LogP contribution in [0.3, 0.4) is 0 Å². The number of aryl methyl sites for hydroxylation is 2. The Hall–Kier alpha value is -1.58. The second-order valence-electron chi connectivity index (χ2n) is 11.4. The summed E-state index contributed by atoms with van der Waals surface area (Å²) in [7, 11) is 0. The summed E-state index contributed by atoms with van der Waals surface area (Å²) in [5, 5.41) is 21.1. The molecule has 1 saturated carbocycles. The number of hydrogen-bond acceptors (Lipinski definition) is 3. The van der Waals surface area contributed by atoms with Crippen molar-refractivity contribution in [2.24, 2.45) is 11.8 Å². The van der Waals surface area contributed by atoms with E-state index < -0.39 is 0 Å². The van der Waals surface area contributed by atoms with Crippen molar-refractivity contribution in [3.63, 3.8) is 0 Å². The van der Waals surface area contributed by atoms with Crippen LogP contribution >= 0.6 is 0 Å². The summed E-state index contributed by atoms with van der Waals surface area (Å²) in [4.78, 5) is 4.93. The minimum Gasteiger partial charge on any atom is -0.393 e. The van der Waals surface area contributed by atoms with Gasteiger partial charge in [-0.2, -0.15) is 0 Å². The third kappa shape index (κ3) is 9.49. The zero-order chi connectivity index (χ0) is 27.7. The Morgan fingerprint density at radius 3 is 1.92 bits per heavy atom. The molecule has 1 aliphatic rings. The fourth-order valence-corrected chi connectivity index (χ4v) is 6.13. The molecule has 2 unspecified atom stereocenters. The quantitative estimate of drug-likeness (QED) is 0.207. The molecule has 1 aliphatic carbocycles. The molecule has 39 heavy (non-hydrogen) atoms. The molecule has 0 saturated heterocycles. The number of aliphatic hydroxyl groups excluding tert-OH is 2. The van der Waals surface area contributed by atoms with Gasteiger partial charge < -0.3 is 10.2 Å². The predicted molar refractivity (Wildman–Crippen MR) is 161 cm³/mol. The van der Waals surface area contributed by atoms with Gasteiger partial charge in [0, 0.05) is 20.1 Å². The van der Waals surface area contributed by atoms with Crippen molar-refractivity contribution in [1.29, 1.82) is 0 Å².